The van der Waals surface area contributed by atoms with Crippen LogP contribution in [0.15, 0.2) is 0 Å². The Labute approximate surface area is 63.0 Å². The van der Waals surface area contributed by atoms with E-state index in [4.69, 9.17) is 17.5 Å². The van der Waals surface area contributed by atoms with Crippen LogP contribution in [-0.2, 0) is 27.5 Å². The van der Waals surface area contributed by atoms with Crippen LogP contribution < -0.4 is 0 Å². The fourth-order valence-electron chi connectivity index (χ4n) is 0. The standard InChI is InChI=1S/As.Cu.H2O4S/c;;1-5(2,3)4/h;;(H2,1,2,3,4)/q+3;+2;/p-2. The average Bonchev–Trinajstić information content (AvgIpc) is 0.722. The molecule has 3 radical (unpaired) electrons. The molecule has 0 aromatic heterocycles. The Morgan fingerprint density at radius 3 is 1.14 bits per heavy atom. The SMILES string of the molecule is O=S(=O)([O-])[O-].[As+3].[Cu+2]. The van der Waals surface area contributed by atoms with Crippen molar-refractivity contribution in [3.63, 3.8) is 0 Å². The van der Waals surface area contributed by atoms with Crippen LogP contribution in [0.5, 0.6) is 0 Å². The summed E-state index contributed by atoms with van der Waals surface area (Å²) in [6.45, 7) is 0. The molecule has 0 saturated heterocycles. The molecule has 0 unspecified atom stereocenters. The van der Waals surface area contributed by atoms with Gasteiger partial charge >= 0.3 is 35.0 Å². The zero-order chi connectivity index (χ0) is 4.50. The van der Waals surface area contributed by atoms with Gasteiger partial charge in [0.25, 0.3) is 0 Å². The van der Waals surface area contributed by atoms with Crippen molar-refractivity contribution in [2.45, 2.75) is 0 Å². The second-order valence-electron chi connectivity index (χ2n) is 0.408. The quantitative estimate of drug-likeness (QED) is 0.284. The van der Waals surface area contributed by atoms with E-state index in [0.29, 0.717) is 0 Å². The van der Waals surface area contributed by atoms with Crippen LogP contribution in [0, 0.1) is 0 Å². The summed E-state index contributed by atoms with van der Waals surface area (Å²) in [5, 5.41) is 0. The van der Waals surface area contributed by atoms with Crippen LogP contribution in [0.4, 0.5) is 0 Å². The summed E-state index contributed by atoms with van der Waals surface area (Å²) < 4.78 is 34.1. The minimum Gasteiger partial charge on any atom is -0.759 e. The molecule has 0 amide bonds. The van der Waals surface area contributed by atoms with Gasteiger partial charge in [0.15, 0.2) is 0 Å². The van der Waals surface area contributed by atoms with Crippen LogP contribution in [0.2, 0.25) is 0 Å². The van der Waals surface area contributed by atoms with Gasteiger partial charge in [0.05, 0.1) is 0 Å². The van der Waals surface area contributed by atoms with Gasteiger partial charge in [-0.05, 0) is 0 Å². The monoisotopic (exact) mass is 234 g/mol. The summed E-state index contributed by atoms with van der Waals surface area (Å²) in [5.74, 6) is 0. The van der Waals surface area contributed by atoms with E-state index in [2.05, 4.69) is 0 Å². The normalized spacial score (nSPS) is 8.29. The van der Waals surface area contributed by atoms with Crippen LogP contribution in [-0.4, -0.2) is 35.5 Å². The Morgan fingerprint density at radius 1 is 1.14 bits per heavy atom. The summed E-state index contributed by atoms with van der Waals surface area (Å²) in [4.78, 5) is 0. The van der Waals surface area contributed by atoms with Gasteiger partial charge < -0.3 is 9.11 Å². The number of hydrogen-bond donors (Lipinski definition) is 0. The summed E-state index contributed by atoms with van der Waals surface area (Å²) in [6, 6.07) is 0. The molecule has 0 aliphatic carbocycles. The van der Waals surface area contributed by atoms with Gasteiger partial charge in [-0.15, -0.1) is 0 Å². The largest absolute Gasteiger partial charge is 3.00 e. The number of hydrogen-bond acceptors (Lipinski definition) is 4. The molecule has 4 nitrogen and oxygen atoms in total. The molecule has 0 fully saturated rings. The maximum atomic E-state index is 8.52. The summed E-state index contributed by atoms with van der Waals surface area (Å²) in [6.07, 6.45) is 0. The van der Waals surface area contributed by atoms with Gasteiger partial charge in [0.2, 0.25) is 0 Å². The second-order valence-corrected chi connectivity index (χ2v) is 1.22. The summed E-state index contributed by atoms with van der Waals surface area (Å²) in [5.41, 5.74) is 0. The van der Waals surface area contributed by atoms with Gasteiger partial charge in [-0.3, -0.25) is 8.42 Å². The third-order valence-electron chi connectivity index (χ3n) is 0. The smallest absolute Gasteiger partial charge is 0.759 e. The molecule has 0 aromatic carbocycles. The summed E-state index contributed by atoms with van der Waals surface area (Å²) in [7, 11) is -5.17. The fourth-order valence-corrected chi connectivity index (χ4v) is 0. The van der Waals surface area contributed by atoms with Gasteiger partial charge in [0.1, 0.15) is 0 Å². The molecule has 0 rings (SSSR count). The zero-order valence-corrected chi connectivity index (χ0v) is 6.42. The van der Waals surface area contributed by atoms with Crippen molar-refractivity contribution >= 4 is 28.4 Å². The Kier molecular flexibility index (Phi) is 11.4. The van der Waals surface area contributed by atoms with Gasteiger partial charge in [-0.2, -0.15) is 0 Å². The Morgan fingerprint density at radius 2 is 1.14 bits per heavy atom. The van der Waals surface area contributed by atoms with E-state index in [1.165, 1.54) is 0 Å². The predicted octanol–water partition coefficient (Wildman–Crippen LogP) is -1.72. The van der Waals surface area contributed by atoms with Gasteiger partial charge in [-0.1, -0.05) is 0 Å². The molecule has 0 bridgehead atoms. The third kappa shape index (κ3) is 189. The van der Waals surface area contributed by atoms with Crippen molar-refractivity contribution in [1.82, 2.24) is 0 Å². The predicted molar refractivity (Wildman–Crippen MR) is 16.2 cm³/mol. The molecule has 0 saturated carbocycles. The van der Waals surface area contributed by atoms with E-state index in [-0.39, 0.29) is 35.0 Å². The van der Waals surface area contributed by atoms with E-state index in [1.807, 2.05) is 0 Å². The molecule has 0 aliphatic rings. The van der Waals surface area contributed by atoms with E-state index >= 15 is 0 Å². The molecular weight excluding hydrogens is 235 g/mol. The van der Waals surface area contributed by atoms with Gasteiger partial charge in [0, 0.05) is 10.4 Å². The summed E-state index contributed by atoms with van der Waals surface area (Å²) >= 11 is 0. The molecule has 7 heteroatoms. The van der Waals surface area contributed by atoms with Crippen LogP contribution >= 0.6 is 0 Å². The first-order valence-corrected chi connectivity index (χ1v) is 2.00. The van der Waals surface area contributed by atoms with Crippen LogP contribution in [0.3, 0.4) is 0 Å². The Balaban J connectivity index is -0.0000000800. The minimum absolute atomic E-state index is 0. The van der Waals surface area contributed by atoms with E-state index < -0.39 is 10.4 Å². The minimum atomic E-state index is -5.17. The van der Waals surface area contributed by atoms with Crippen molar-refractivity contribution in [2.24, 2.45) is 0 Å². The third-order valence-corrected chi connectivity index (χ3v) is 0. The van der Waals surface area contributed by atoms with Crippen molar-refractivity contribution in [3.8, 4) is 0 Å². The molecule has 7 heavy (non-hydrogen) atoms. The van der Waals surface area contributed by atoms with Gasteiger partial charge in [-0.25, -0.2) is 0 Å². The maximum absolute atomic E-state index is 8.52. The molecule has 0 aromatic rings. The molecule has 0 atom stereocenters. The van der Waals surface area contributed by atoms with Crippen molar-refractivity contribution in [3.05, 3.63) is 0 Å². The van der Waals surface area contributed by atoms with Crippen molar-refractivity contribution in [2.75, 3.05) is 0 Å². The number of rotatable bonds is 0. The first kappa shape index (κ1) is 15.7. The maximum Gasteiger partial charge on any atom is 3.00 e. The molecular formula is AsCuO4S+3. The van der Waals surface area contributed by atoms with E-state index in [0.717, 1.165) is 0 Å². The second kappa shape index (κ2) is 5.09. The molecule has 0 N–H and O–H groups in total. The van der Waals surface area contributed by atoms with E-state index in [9.17, 15) is 0 Å². The topological polar surface area (TPSA) is 80.3 Å². The van der Waals surface area contributed by atoms with Crippen LogP contribution in [0.25, 0.3) is 0 Å². The molecule has 43 valence electrons. The zero-order valence-electron chi connectivity index (χ0n) is 2.79. The van der Waals surface area contributed by atoms with Crippen molar-refractivity contribution < 1.29 is 34.6 Å². The first-order chi connectivity index (χ1) is 2.00. The molecule has 0 spiro atoms. The average molecular weight is 235 g/mol. The van der Waals surface area contributed by atoms with E-state index in [1.54, 1.807) is 0 Å². The fraction of sp³-hybridized carbons (Fsp3) is 0. The Bertz CT molecular complexity index is 94.9. The first-order valence-electron chi connectivity index (χ1n) is 0.667. The van der Waals surface area contributed by atoms with Crippen molar-refractivity contribution in [1.29, 1.82) is 0 Å². The van der Waals surface area contributed by atoms with Crippen LogP contribution in [0.1, 0.15) is 0 Å². The molecule has 0 aliphatic heterocycles. The molecule has 0 heterocycles. The Hall–Kier alpha value is 0.948.